The molecule has 0 saturated heterocycles. The second-order valence-electron chi connectivity index (χ2n) is 6.10. The number of H-pyrrole nitrogens is 1. The number of rotatable bonds is 6. The monoisotopic (exact) mass is 387 g/mol. The smallest absolute Gasteiger partial charge is 0.166 e. The van der Waals surface area contributed by atoms with Crippen molar-refractivity contribution in [3.63, 3.8) is 0 Å². The Bertz CT molecular complexity index is 1040. The fourth-order valence-electron chi connectivity index (χ4n) is 2.84. The summed E-state index contributed by atoms with van der Waals surface area (Å²) < 4.78 is 29.1. The first kappa shape index (κ1) is 17.6. The van der Waals surface area contributed by atoms with E-state index in [1.807, 2.05) is 24.3 Å². The number of halogens is 2. The summed E-state index contributed by atoms with van der Waals surface area (Å²) in [6.45, 7) is -0.0389. The minimum Gasteiger partial charge on any atom is -0.382 e. The predicted octanol–water partition coefficient (Wildman–Crippen LogP) is 3.11. The Balaban J connectivity index is 1.64. The minimum absolute atomic E-state index is 0.0111. The summed E-state index contributed by atoms with van der Waals surface area (Å²) in [5.74, 6) is -1.44. The van der Waals surface area contributed by atoms with Crippen LogP contribution in [0.15, 0.2) is 60.3 Å². The van der Waals surface area contributed by atoms with E-state index in [9.17, 15) is 13.9 Å². The van der Waals surface area contributed by atoms with Gasteiger partial charge in [0.15, 0.2) is 5.16 Å². The first-order valence-corrected chi connectivity index (χ1v) is 9.10. The van der Waals surface area contributed by atoms with Crippen molar-refractivity contribution in [2.45, 2.75) is 17.3 Å². The van der Waals surface area contributed by atoms with E-state index in [1.54, 1.807) is 0 Å². The van der Waals surface area contributed by atoms with Gasteiger partial charge in [0.05, 0.1) is 17.6 Å². The zero-order valence-corrected chi connectivity index (χ0v) is 14.8. The molecule has 27 heavy (non-hydrogen) atoms. The van der Waals surface area contributed by atoms with E-state index in [0.717, 1.165) is 23.2 Å². The van der Waals surface area contributed by atoms with Crippen LogP contribution in [0.25, 0.3) is 11.0 Å². The Kier molecular flexibility index (Phi) is 4.63. The molecule has 0 aliphatic heterocycles. The molecule has 0 amide bonds. The van der Waals surface area contributed by atoms with Crippen LogP contribution in [0.5, 0.6) is 0 Å². The molecule has 4 rings (SSSR count). The Morgan fingerprint density at radius 3 is 2.78 bits per heavy atom. The number of fused-ring (bicyclic) bond motifs is 1. The standard InChI is InChI=1S/C18H15F2N5OS/c19-12-5-6-13(14(20)7-12)18(26,8-25-11-21-10-22-25)9-27-17-23-15-3-1-2-4-16(15)24-17/h1-7,10-11,26H,8-9H2,(H,23,24). The second kappa shape index (κ2) is 7.09. The van der Waals surface area contributed by atoms with Gasteiger partial charge in [-0.25, -0.2) is 23.4 Å². The molecule has 2 heterocycles. The van der Waals surface area contributed by atoms with Crippen molar-refractivity contribution in [3.05, 3.63) is 72.3 Å². The van der Waals surface area contributed by atoms with Crippen LogP contribution >= 0.6 is 11.8 Å². The molecule has 0 fully saturated rings. The Hall–Kier alpha value is -2.78. The van der Waals surface area contributed by atoms with Crippen LogP contribution in [-0.4, -0.2) is 35.6 Å². The highest BCUT2D eigenvalue weighted by Gasteiger charge is 2.34. The van der Waals surface area contributed by atoms with Crippen LogP contribution in [0.3, 0.4) is 0 Å². The minimum atomic E-state index is -1.64. The lowest BCUT2D eigenvalue weighted by Gasteiger charge is -2.28. The van der Waals surface area contributed by atoms with Crippen molar-refractivity contribution in [2.75, 3.05) is 5.75 Å². The number of thioether (sulfide) groups is 1. The number of nitrogens with zero attached hydrogens (tertiary/aromatic N) is 4. The number of imidazole rings is 1. The van der Waals surface area contributed by atoms with Crippen molar-refractivity contribution in [3.8, 4) is 0 Å². The van der Waals surface area contributed by atoms with Crippen molar-refractivity contribution >= 4 is 22.8 Å². The van der Waals surface area contributed by atoms with Crippen LogP contribution in [0.1, 0.15) is 5.56 Å². The van der Waals surface area contributed by atoms with Gasteiger partial charge in [-0.05, 0) is 18.2 Å². The number of benzene rings is 2. The molecule has 0 radical (unpaired) electrons. The number of hydrogen-bond acceptors (Lipinski definition) is 5. The Labute approximate surface area is 157 Å². The van der Waals surface area contributed by atoms with Gasteiger partial charge in [0, 0.05) is 17.4 Å². The van der Waals surface area contributed by atoms with Gasteiger partial charge in [-0.2, -0.15) is 5.10 Å². The van der Waals surface area contributed by atoms with Gasteiger partial charge in [0.1, 0.15) is 29.9 Å². The third-order valence-corrected chi connectivity index (χ3v) is 5.23. The molecule has 2 aromatic heterocycles. The summed E-state index contributed by atoms with van der Waals surface area (Å²) in [5.41, 5.74) is 0.0124. The van der Waals surface area contributed by atoms with E-state index >= 15 is 0 Å². The van der Waals surface area contributed by atoms with E-state index in [-0.39, 0.29) is 17.9 Å². The highest BCUT2D eigenvalue weighted by atomic mass is 32.2. The maximum atomic E-state index is 14.4. The first-order chi connectivity index (χ1) is 13.0. The van der Waals surface area contributed by atoms with Crippen LogP contribution in [0.2, 0.25) is 0 Å². The van der Waals surface area contributed by atoms with Crippen molar-refractivity contribution in [1.29, 1.82) is 0 Å². The molecule has 0 aliphatic rings. The van der Waals surface area contributed by atoms with Gasteiger partial charge in [-0.1, -0.05) is 30.0 Å². The van der Waals surface area contributed by atoms with Gasteiger partial charge in [0.2, 0.25) is 0 Å². The second-order valence-corrected chi connectivity index (χ2v) is 7.06. The first-order valence-electron chi connectivity index (χ1n) is 8.11. The SMILES string of the molecule is OC(CSc1nc2ccccc2[nH]1)(Cn1cncn1)c1ccc(F)cc1F. The third-order valence-electron chi connectivity index (χ3n) is 4.14. The lowest BCUT2D eigenvalue weighted by molar-refractivity contribution is 0.0360. The molecular formula is C18H15F2N5OS. The van der Waals surface area contributed by atoms with Gasteiger partial charge in [-0.15, -0.1) is 0 Å². The summed E-state index contributed by atoms with van der Waals surface area (Å²) in [6.07, 6.45) is 2.76. The quantitative estimate of drug-likeness (QED) is 0.497. The molecule has 2 aromatic carbocycles. The van der Waals surface area contributed by atoms with E-state index in [2.05, 4.69) is 20.1 Å². The topological polar surface area (TPSA) is 79.6 Å². The molecule has 2 N–H and O–H groups in total. The third kappa shape index (κ3) is 3.69. The number of para-hydroxylation sites is 2. The van der Waals surface area contributed by atoms with Crippen LogP contribution in [-0.2, 0) is 12.1 Å². The van der Waals surface area contributed by atoms with Crippen molar-refractivity contribution < 1.29 is 13.9 Å². The lowest BCUT2D eigenvalue weighted by atomic mass is 9.95. The summed E-state index contributed by atoms with van der Waals surface area (Å²) in [4.78, 5) is 11.5. The number of aliphatic hydroxyl groups is 1. The van der Waals surface area contributed by atoms with Gasteiger partial charge >= 0.3 is 0 Å². The van der Waals surface area contributed by atoms with Crippen molar-refractivity contribution in [1.82, 2.24) is 24.7 Å². The Morgan fingerprint density at radius 2 is 2.04 bits per heavy atom. The molecule has 1 atom stereocenters. The van der Waals surface area contributed by atoms with Gasteiger partial charge < -0.3 is 10.1 Å². The zero-order valence-electron chi connectivity index (χ0n) is 14.0. The van der Waals surface area contributed by atoms with E-state index in [1.165, 1.54) is 35.2 Å². The lowest BCUT2D eigenvalue weighted by Crippen LogP contribution is -2.35. The number of aromatic nitrogens is 5. The molecule has 4 aromatic rings. The van der Waals surface area contributed by atoms with Crippen LogP contribution in [0.4, 0.5) is 8.78 Å². The van der Waals surface area contributed by atoms with Gasteiger partial charge in [-0.3, -0.25) is 0 Å². The Morgan fingerprint density at radius 1 is 1.19 bits per heavy atom. The molecular weight excluding hydrogens is 372 g/mol. The van der Waals surface area contributed by atoms with Crippen molar-refractivity contribution in [2.24, 2.45) is 0 Å². The molecule has 9 heteroatoms. The maximum Gasteiger partial charge on any atom is 0.166 e. The number of hydrogen-bond donors (Lipinski definition) is 2. The van der Waals surface area contributed by atoms with E-state index < -0.39 is 17.2 Å². The molecule has 0 spiro atoms. The number of nitrogens with one attached hydrogen (secondary N) is 1. The largest absolute Gasteiger partial charge is 0.382 e. The predicted molar refractivity (Wildman–Crippen MR) is 97.1 cm³/mol. The molecule has 1 unspecified atom stereocenters. The molecule has 0 bridgehead atoms. The molecule has 6 nitrogen and oxygen atoms in total. The average Bonchev–Trinajstić information content (AvgIpc) is 3.28. The normalized spacial score (nSPS) is 13.7. The van der Waals surface area contributed by atoms with E-state index in [4.69, 9.17) is 0 Å². The van der Waals surface area contributed by atoms with Crippen LogP contribution < -0.4 is 0 Å². The summed E-state index contributed by atoms with van der Waals surface area (Å²) in [5, 5.41) is 15.8. The summed E-state index contributed by atoms with van der Waals surface area (Å²) in [7, 11) is 0. The average molecular weight is 387 g/mol. The summed E-state index contributed by atoms with van der Waals surface area (Å²) in [6, 6.07) is 10.7. The summed E-state index contributed by atoms with van der Waals surface area (Å²) >= 11 is 1.24. The molecule has 0 aliphatic carbocycles. The van der Waals surface area contributed by atoms with E-state index in [0.29, 0.717) is 5.16 Å². The molecule has 0 saturated carbocycles. The molecule has 138 valence electrons. The maximum absolute atomic E-state index is 14.4. The highest BCUT2D eigenvalue weighted by molar-refractivity contribution is 7.99. The van der Waals surface area contributed by atoms with Gasteiger partial charge in [0.25, 0.3) is 0 Å². The van der Waals surface area contributed by atoms with Crippen LogP contribution in [0, 0.1) is 11.6 Å². The fourth-order valence-corrected chi connectivity index (χ4v) is 3.81. The fraction of sp³-hybridized carbons (Fsp3) is 0.167. The highest BCUT2D eigenvalue weighted by Crippen LogP contribution is 2.32. The number of aromatic amines is 1. The zero-order chi connectivity index (χ0) is 18.9.